The van der Waals surface area contributed by atoms with Gasteiger partial charge in [-0.1, -0.05) is 18.2 Å². The molecule has 1 aromatic heterocycles. The first-order chi connectivity index (χ1) is 9.15. The summed E-state index contributed by atoms with van der Waals surface area (Å²) in [6, 6.07) is 11.7. The normalized spacial score (nSPS) is 10.4. The van der Waals surface area contributed by atoms with E-state index in [1.807, 2.05) is 42.8 Å². The Morgan fingerprint density at radius 2 is 2.00 bits per heavy atom. The maximum Gasteiger partial charge on any atom is 0.222 e. The molecule has 0 bridgehead atoms. The summed E-state index contributed by atoms with van der Waals surface area (Å²) in [5.74, 6) is 0.172. The minimum atomic E-state index is 0.172. The van der Waals surface area contributed by atoms with Crippen molar-refractivity contribution in [1.82, 2.24) is 4.90 Å². The zero-order chi connectivity index (χ0) is 13.7. The molecule has 0 radical (unpaired) electrons. The smallest absolute Gasteiger partial charge is 0.222 e. The largest absolute Gasteiger partial charge is 0.399 e. The zero-order valence-corrected chi connectivity index (χ0v) is 11.8. The Morgan fingerprint density at radius 3 is 2.63 bits per heavy atom. The van der Waals surface area contributed by atoms with Gasteiger partial charge in [0.1, 0.15) is 0 Å². The minimum Gasteiger partial charge on any atom is -0.399 e. The molecule has 0 aliphatic carbocycles. The van der Waals surface area contributed by atoms with Gasteiger partial charge >= 0.3 is 0 Å². The number of anilines is 1. The minimum absolute atomic E-state index is 0.172. The van der Waals surface area contributed by atoms with E-state index in [9.17, 15) is 4.79 Å². The second kappa shape index (κ2) is 6.38. The molecule has 0 saturated heterocycles. The van der Waals surface area contributed by atoms with Gasteiger partial charge in [0.25, 0.3) is 0 Å². The molecule has 1 heterocycles. The summed E-state index contributed by atoms with van der Waals surface area (Å²) in [5, 5.41) is 2.03. The van der Waals surface area contributed by atoms with E-state index < -0.39 is 0 Å². The van der Waals surface area contributed by atoms with Crippen molar-refractivity contribution < 1.29 is 4.79 Å². The molecule has 2 N–H and O–H groups in total. The van der Waals surface area contributed by atoms with Gasteiger partial charge in [0.2, 0.25) is 5.91 Å². The molecule has 3 nitrogen and oxygen atoms in total. The lowest BCUT2D eigenvalue weighted by Gasteiger charge is -2.16. The van der Waals surface area contributed by atoms with Crippen LogP contribution in [0.2, 0.25) is 0 Å². The standard InChI is InChI=1S/C15H18N2OS/c1-17(11-14-3-2-10-19-14)15(18)9-6-12-4-7-13(16)8-5-12/h2-5,7-8,10H,6,9,11,16H2,1H3. The SMILES string of the molecule is CN(Cc1cccs1)C(=O)CCc1ccc(N)cc1. The molecule has 0 fully saturated rings. The third-order valence-electron chi connectivity index (χ3n) is 3.01. The summed E-state index contributed by atoms with van der Waals surface area (Å²) in [7, 11) is 1.85. The van der Waals surface area contributed by atoms with E-state index in [2.05, 4.69) is 6.07 Å². The molecular formula is C15H18N2OS. The lowest BCUT2D eigenvalue weighted by atomic mass is 10.1. The Balaban J connectivity index is 1.82. The summed E-state index contributed by atoms with van der Waals surface area (Å²) < 4.78 is 0. The molecule has 1 amide bonds. The maximum atomic E-state index is 12.0. The van der Waals surface area contributed by atoms with E-state index >= 15 is 0 Å². The van der Waals surface area contributed by atoms with Gasteiger partial charge in [-0.05, 0) is 35.6 Å². The topological polar surface area (TPSA) is 46.3 Å². The van der Waals surface area contributed by atoms with Crippen molar-refractivity contribution in [3.05, 3.63) is 52.2 Å². The summed E-state index contributed by atoms with van der Waals surface area (Å²) >= 11 is 1.68. The first kappa shape index (κ1) is 13.6. The summed E-state index contributed by atoms with van der Waals surface area (Å²) in [6.07, 6.45) is 1.29. The Bertz CT molecular complexity index is 520. The van der Waals surface area contributed by atoms with Gasteiger partial charge in [-0.2, -0.15) is 0 Å². The van der Waals surface area contributed by atoms with Gasteiger partial charge < -0.3 is 10.6 Å². The predicted molar refractivity (Wildman–Crippen MR) is 80.0 cm³/mol. The summed E-state index contributed by atoms with van der Waals surface area (Å²) in [5.41, 5.74) is 7.53. The first-order valence-corrected chi connectivity index (χ1v) is 7.14. The molecule has 0 aliphatic heterocycles. The van der Waals surface area contributed by atoms with E-state index in [0.29, 0.717) is 13.0 Å². The number of benzene rings is 1. The third-order valence-corrected chi connectivity index (χ3v) is 3.87. The molecule has 100 valence electrons. The molecule has 0 aliphatic rings. The van der Waals surface area contributed by atoms with Gasteiger partial charge in [-0.3, -0.25) is 4.79 Å². The number of nitrogens with zero attached hydrogens (tertiary/aromatic N) is 1. The molecule has 19 heavy (non-hydrogen) atoms. The first-order valence-electron chi connectivity index (χ1n) is 6.26. The van der Waals surface area contributed by atoms with Crippen LogP contribution in [0.4, 0.5) is 5.69 Å². The quantitative estimate of drug-likeness (QED) is 0.852. The number of thiophene rings is 1. The van der Waals surface area contributed by atoms with Crippen LogP contribution < -0.4 is 5.73 Å². The highest BCUT2D eigenvalue weighted by Gasteiger charge is 2.09. The van der Waals surface area contributed by atoms with Crippen LogP contribution in [0, 0.1) is 0 Å². The molecule has 0 atom stereocenters. The fraction of sp³-hybridized carbons (Fsp3) is 0.267. The fourth-order valence-corrected chi connectivity index (χ4v) is 2.61. The predicted octanol–water partition coefficient (Wildman–Crippen LogP) is 2.92. The van der Waals surface area contributed by atoms with Crippen LogP contribution in [-0.4, -0.2) is 17.9 Å². The Labute approximate surface area is 117 Å². The van der Waals surface area contributed by atoms with E-state index in [4.69, 9.17) is 5.73 Å². The van der Waals surface area contributed by atoms with Gasteiger partial charge in [0, 0.05) is 24.0 Å². The van der Waals surface area contributed by atoms with Crippen LogP contribution in [0.25, 0.3) is 0 Å². The van der Waals surface area contributed by atoms with Gasteiger partial charge in [0.05, 0.1) is 6.54 Å². The Hall–Kier alpha value is -1.81. The number of rotatable bonds is 5. The second-order valence-corrected chi connectivity index (χ2v) is 5.60. The third kappa shape index (κ3) is 4.10. The van der Waals surface area contributed by atoms with Gasteiger partial charge in [0.15, 0.2) is 0 Å². The highest BCUT2D eigenvalue weighted by atomic mass is 32.1. The summed E-state index contributed by atoms with van der Waals surface area (Å²) in [4.78, 5) is 15.0. The van der Waals surface area contributed by atoms with Crippen molar-refractivity contribution in [2.45, 2.75) is 19.4 Å². The highest BCUT2D eigenvalue weighted by Crippen LogP contribution is 2.13. The van der Waals surface area contributed by atoms with Crippen molar-refractivity contribution in [2.24, 2.45) is 0 Å². The fourth-order valence-electron chi connectivity index (χ4n) is 1.85. The van der Waals surface area contributed by atoms with E-state index in [1.165, 1.54) is 4.88 Å². The van der Waals surface area contributed by atoms with Crippen molar-refractivity contribution in [3.63, 3.8) is 0 Å². The molecular weight excluding hydrogens is 256 g/mol. The van der Waals surface area contributed by atoms with E-state index in [-0.39, 0.29) is 5.91 Å². The number of nitrogens with two attached hydrogens (primary N) is 1. The molecule has 0 saturated carbocycles. The molecule has 0 spiro atoms. The number of nitrogen functional groups attached to an aromatic ring is 1. The zero-order valence-electron chi connectivity index (χ0n) is 11.0. The van der Waals surface area contributed by atoms with Crippen LogP contribution in [0.3, 0.4) is 0 Å². The van der Waals surface area contributed by atoms with Gasteiger partial charge in [-0.15, -0.1) is 11.3 Å². The van der Waals surface area contributed by atoms with Crippen LogP contribution >= 0.6 is 11.3 Å². The second-order valence-electron chi connectivity index (χ2n) is 4.57. The number of aryl methyl sites for hydroxylation is 1. The van der Waals surface area contributed by atoms with Crippen LogP contribution in [0.5, 0.6) is 0 Å². The van der Waals surface area contributed by atoms with E-state index in [0.717, 1.165) is 17.7 Å². The number of hydrogen-bond acceptors (Lipinski definition) is 3. The van der Waals surface area contributed by atoms with Crippen molar-refractivity contribution in [3.8, 4) is 0 Å². The number of amides is 1. The maximum absolute atomic E-state index is 12.0. The number of hydrogen-bond donors (Lipinski definition) is 1. The number of carbonyl (C=O) groups excluding carboxylic acids is 1. The Kier molecular flexibility index (Phi) is 4.58. The molecule has 2 rings (SSSR count). The van der Waals surface area contributed by atoms with Crippen LogP contribution in [0.15, 0.2) is 41.8 Å². The molecule has 4 heteroatoms. The van der Waals surface area contributed by atoms with Crippen LogP contribution in [-0.2, 0) is 17.8 Å². The summed E-state index contributed by atoms with van der Waals surface area (Å²) in [6.45, 7) is 0.693. The monoisotopic (exact) mass is 274 g/mol. The molecule has 0 unspecified atom stereocenters. The highest BCUT2D eigenvalue weighted by molar-refractivity contribution is 7.09. The van der Waals surface area contributed by atoms with Crippen LogP contribution in [0.1, 0.15) is 16.9 Å². The lowest BCUT2D eigenvalue weighted by Crippen LogP contribution is -2.25. The lowest BCUT2D eigenvalue weighted by molar-refractivity contribution is -0.130. The number of carbonyl (C=O) groups is 1. The average Bonchev–Trinajstić information content (AvgIpc) is 2.90. The Morgan fingerprint density at radius 1 is 1.26 bits per heavy atom. The van der Waals surface area contributed by atoms with Crippen molar-refractivity contribution >= 4 is 22.9 Å². The van der Waals surface area contributed by atoms with E-state index in [1.54, 1.807) is 16.2 Å². The average molecular weight is 274 g/mol. The molecule has 1 aromatic carbocycles. The van der Waals surface area contributed by atoms with Crippen molar-refractivity contribution in [2.75, 3.05) is 12.8 Å². The van der Waals surface area contributed by atoms with Crippen molar-refractivity contribution in [1.29, 1.82) is 0 Å². The molecule has 2 aromatic rings. The van der Waals surface area contributed by atoms with Gasteiger partial charge in [-0.25, -0.2) is 0 Å².